The molecular formula is C14H14BrCl2NOS. The van der Waals surface area contributed by atoms with Gasteiger partial charge in [-0.25, -0.2) is 0 Å². The summed E-state index contributed by atoms with van der Waals surface area (Å²) in [6, 6.07) is 7.32. The van der Waals surface area contributed by atoms with Gasteiger partial charge in [0.2, 0.25) is 0 Å². The van der Waals surface area contributed by atoms with Crippen molar-refractivity contribution in [1.29, 1.82) is 0 Å². The molecule has 0 aliphatic rings. The van der Waals surface area contributed by atoms with Gasteiger partial charge in [-0.1, -0.05) is 36.2 Å². The summed E-state index contributed by atoms with van der Waals surface area (Å²) in [6.45, 7) is 2.03. The fourth-order valence-electron chi connectivity index (χ4n) is 1.76. The lowest BCUT2D eigenvalue weighted by Crippen LogP contribution is -2.31. The fraction of sp³-hybridized carbons (Fsp3) is 0.286. The standard InChI is InChI=1S/C14H14BrCl2NOS/c1-2-11(18)14(13-4-3-5-20-13)19-12-7-9(16)8(15)6-10(12)17/h3-7,11,14H,2,18H2,1H3. The van der Waals surface area contributed by atoms with Crippen molar-refractivity contribution in [2.75, 3.05) is 0 Å². The highest BCUT2D eigenvalue weighted by molar-refractivity contribution is 9.10. The lowest BCUT2D eigenvalue weighted by Gasteiger charge is -2.24. The molecule has 1 heterocycles. The minimum Gasteiger partial charge on any atom is -0.482 e. The van der Waals surface area contributed by atoms with Crippen LogP contribution in [0.15, 0.2) is 34.1 Å². The molecule has 1 aromatic heterocycles. The molecule has 2 aromatic rings. The number of benzene rings is 1. The van der Waals surface area contributed by atoms with Crippen molar-refractivity contribution >= 4 is 50.5 Å². The summed E-state index contributed by atoms with van der Waals surface area (Å²) in [5.74, 6) is 0.544. The van der Waals surface area contributed by atoms with E-state index < -0.39 is 0 Å². The van der Waals surface area contributed by atoms with Crippen molar-refractivity contribution in [3.05, 3.63) is 49.0 Å². The maximum absolute atomic E-state index is 6.20. The van der Waals surface area contributed by atoms with E-state index in [1.54, 1.807) is 23.5 Å². The van der Waals surface area contributed by atoms with E-state index in [0.717, 1.165) is 15.8 Å². The lowest BCUT2D eigenvalue weighted by molar-refractivity contribution is 0.175. The molecule has 0 aliphatic carbocycles. The number of halogens is 3. The topological polar surface area (TPSA) is 35.2 Å². The predicted octanol–water partition coefficient (Wildman–Crippen LogP) is 5.67. The minimum absolute atomic E-state index is 0.105. The summed E-state index contributed by atoms with van der Waals surface area (Å²) < 4.78 is 6.77. The number of ether oxygens (including phenoxy) is 1. The van der Waals surface area contributed by atoms with Crippen LogP contribution in [0, 0.1) is 0 Å². The fourth-order valence-corrected chi connectivity index (χ4v) is 3.42. The number of thiophene rings is 1. The summed E-state index contributed by atoms with van der Waals surface area (Å²) in [4.78, 5) is 1.08. The molecule has 0 amide bonds. The Morgan fingerprint density at radius 2 is 2.10 bits per heavy atom. The molecule has 20 heavy (non-hydrogen) atoms. The zero-order valence-corrected chi connectivity index (χ0v) is 14.7. The van der Waals surface area contributed by atoms with E-state index in [1.165, 1.54) is 0 Å². The Labute approximate surface area is 141 Å². The lowest BCUT2D eigenvalue weighted by atomic mass is 10.1. The van der Waals surface area contributed by atoms with Gasteiger partial charge in [-0.3, -0.25) is 0 Å². The van der Waals surface area contributed by atoms with Crippen molar-refractivity contribution in [1.82, 2.24) is 0 Å². The third-order valence-electron chi connectivity index (χ3n) is 2.91. The number of nitrogens with two attached hydrogens (primary N) is 1. The van der Waals surface area contributed by atoms with Gasteiger partial charge in [0.25, 0.3) is 0 Å². The average Bonchev–Trinajstić information content (AvgIpc) is 2.94. The Bertz CT molecular complexity index is 577. The number of hydrogen-bond donors (Lipinski definition) is 1. The van der Waals surface area contributed by atoms with Gasteiger partial charge in [-0.2, -0.15) is 0 Å². The Hall–Kier alpha value is -0.260. The molecule has 1 aromatic carbocycles. The average molecular weight is 395 g/mol. The van der Waals surface area contributed by atoms with Crippen LogP contribution >= 0.6 is 50.5 Å². The summed E-state index contributed by atoms with van der Waals surface area (Å²) >= 11 is 17.2. The van der Waals surface area contributed by atoms with E-state index in [2.05, 4.69) is 15.9 Å². The first-order chi connectivity index (χ1) is 9.52. The zero-order chi connectivity index (χ0) is 14.7. The molecular weight excluding hydrogens is 381 g/mol. The van der Waals surface area contributed by atoms with Gasteiger partial charge < -0.3 is 10.5 Å². The van der Waals surface area contributed by atoms with Gasteiger partial charge in [-0.15, -0.1) is 11.3 Å². The van der Waals surface area contributed by atoms with Gasteiger partial charge in [0.15, 0.2) is 0 Å². The second-order valence-electron chi connectivity index (χ2n) is 4.32. The van der Waals surface area contributed by atoms with Gasteiger partial charge >= 0.3 is 0 Å². The van der Waals surface area contributed by atoms with E-state index in [0.29, 0.717) is 15.8 Å². The van der Waals surface area contributed by atoms with Crippen molar-refractivity contribution in [2.24, 2.45) is 5.73 Å². The molecule has 2 N–H and O–H groups in total. The van der Waals surface area contributed by atoms with Crippen molar-refractivity contribution in [3.63, 3.8) is 0 Å². The van der Waals surface area contributed by atoms with Crippen molar-refractivity contribution in [2.45, 2.75) is 25.5 Å². The highest BCUT2D eigenvalue weighted by Gasteiger charge is 2.23. The minimum atomic E-state index is -0.227. The first kappa shape index (κ1) is 16.1. The normalized spacial score (nSPS) is 14.1. The zero-order valence-electron chi connectivity index (χ0n) is 10.8. The van der Waals surface area contributed by atoms with Crippen LogP contribution in [0.4, 0.5) is 0 Å². The summed E-state index contributed by atoms with van der Waals surface area (Å²) in [7, 11) is 0. The van der Waals surface area contributed by atoms with Crippen LogP contribution in [-0.4, -0.2) is 6.04 Å². The van der Waals surface area contributed by atoms with E-state index in [-0.39, 0.29) is 12.1 Å². The van der Waals surface area contributed by atoms with Gasteiger partial charge in [0.1, 0.15) is 11.9 Å². The third kappa shape index (κ3) is 3.68. The van der Waals surface area contributed by atoms with Crippen LogP contribution in [0.1, 0.15) is 24.3 Å². The summed E-state index contributed by atoms with van der Waals surface area (Å²) in [5, 5.41) is 3.06. The molecule has 2 rings (SSSR count). The molecule has 108 valence electrons. The molecule has 6 heteroatoms. The number of rotatable bonds is 5. The van der Waals surface area contributed by atoms with Gasteiger partial charge in [0.05, 0.1) is 10.0 Å². The second kappa shape index (κ2) is 7.14. The maximum Gasteiger partial charge on any atom is 0.148 e. The molecule has 2 unspecified atom stereocenters. The van der Waals surface area contributed by atoms with E-state index in [4.69, 9.17) is 33.7 Å². The first-order valence-electron chi connectivity index (χ1n) is 6.13. The van der Waals surface area contributed by atoms with E-state index in [1.807, 2.05) is 24.4 Å². The molecule has 0 aliphatic heterocycles. The quantitative estimate of drug-likeness (QED) is 0.662. The van der Waals surface area contributed by atoms with Crippen LogP contribution in [0.2, 0.25) is 10.0 Å². The van der Waals surface area contributed by atoms with Crippen LogP contribution in [0.5, 0.6) is 5.75 Å². The molecule has 0 saturated heterocycles. The molecule has 2 nitrogen and oxygen atoms in total. The second-order valence-corrected chi connectivity index (χ2v) is 6.97. The monoisotopic (exact) mass is 393 g/mol. The molecule has 0 fully saturated rings. The first-order valence-corrected chi connectivity index (χ1v) is 8.56. The predicted molar refractivity (Wildman–Crippen MR) is 90.1 cm³/mol. The molecule has 0 spiro atoms. The largest absolute Gasteiger partial charge is 0.482 e. The van der Waals surface area contributed by atoms with Crippen LogP contribution in [-0.2, 0) is 0 Å². The van der Waals surface area contributed by atoms with Crippen molar-refractivity contribution < 1.29 is 4.74 Å². The van der Waals surface area contributed by atoms with Gasteiger partial charge in [0, 0.05) is 21.5 Å². The molecule has 0 radical (unpaired) electrons. The Morgan fingerprint density at radius 1 is 1.35 bits per heavy atom. The Balaban J connectivity index is 2.31. The third-order valence-corrected chi connectivity index (χ3v) is 5.34. The van der Waals surface area contributed by atoms with Gasteiger partial charge in [-0.05, 0) is 39.9 Å². The van der Waals surface area contributed by atoms with E-state index in [9.17, 15) is 0 Å². The van der Waals surface area contributed by atoms with E-state index >= 15 is 0 Å². The molecule has 2 atom stereocenters. The smallest absolute Gasteiger partial charge is 0.148 e. The summed E-state index contributed by atoms with van der Waals surface area (Å²) in [5.41, 5.74) is 6.17. The SMILES string of the molecule is CCC(N)C(Oc1cc(Cl)c(Br)cc1Cl)c1cccs1. The molecule has 0 bridgehead atoms. The van der Waals surface area contributed by atoms with Crippen LogP contribution < -0.4 is 10.5 Å². The highest BCUT2D eigenvalue weighted by atomic mass is 79.9. The highest BCUT2D eigenvalue weighted by Crippen LogP contribution is 2.37. The van der Waals surface area contributed by atoms with Crippen molar-refractivity contribution in [3.8, 4) is 5.75 Å². The summed E-state index contributed by atoms with van der Waals surface area (Å²) in [6.07, 6.45) is 0.583. The Morgan fingerprint density at radius 3 is 2.70 bits per heavy atom. The Kier molecular flexibility index (Phi) is 5.75. The maximum atomic E-state index is 6.20. The van der Waals surface area contributed by atoms with Crippen LogP contribution in [0.25, 0.3) is 0 Å². The van der Waals surface area contributed by atoms with Crippen LogP contribution in [0.3, 0.4) is 0 Å². The molecule has 0 saturated carbocycles. The number of hydrogen-bond acceptors (Lipinski definition) is 3.